The molecule has 0 aliphatic heterocycles. The minimum Gasteiger partial charge on any atom is -0.496 e. The van der Waals surface area contributed by atoms with Gasteiger partial charge in [0.15, 0.2) is 0 Å². The van der Waals surface area contributed by atoms with Gasteiger partial charge < -0.3 is 24.9 Å². The summed E-state index contributed by atoms with van der Waals surface area (Å²) in [6.07, 6.45) is 0.661. The van der Waals surface area contributed by atoms with E-state index in [1.165, 1.54) is 0 Å². The molecule has 1 aromatic carbocycles. The number of benzene rings is 1. The molecule has 0 spiro atoms. The van der Waals surface area contributed by atoms with Crippen molar-refractivity contribution in [2.75, 3.05) is 20.2 Å². The standard InChI is InChI=1S/C19H26N2O4/c1-13-11-16(14(2)25-13)19(3,23)12-21-18(22)20-10-9-15-7-5-6-8-17(15)24-4/h5-8,11,23H,9-10,12H2,1-4H3,(H2,20,21,22). The van der Waals surface area contributed by atoms with Crippen LogP contribution < -0.4 is 15.4 Å². The van der Waals surface area contributed by atoms with Gasteiger partial charge in [0, 0.05) is 12.1 Å². The summed E-state index contributed by atoms with van der Waals surface area (Å²) in [4.78, 5) is 12.0. The second-order valence-electron chi connectivity index (χ2n) is 6.27. The second-order valence-corrected chi connectivity index (χ2v) is 6.27. The number of urea groups is 1. The zero-order valence-electron chi connectivity index (χ0n) is 15.2. The zero-order chi connectivity index (χ0) is 18.4. The van der Waals surface area contributed by atoms with Gasteiger partial charge in [-0.25, -0.2) is 4.79 Å². The minimum atomic E-state index is -1.19. The van der Waals surface area contributed by atoms with E-state index in [0.29, 0.717) is 24.3 Å². The van der Waals surface area contributed by atoms with Crippen molar-refractivity contribution in [2.24, 2.45) is 0 Å². The number of aryl methyl sites for hydroxylation is 2. The van der Waals surface area contributed by atoms with Crippen molar-refractivity contribution in [3.63, 3.8) is 0 Å². The van der Waals surface area contributed by atoms with E-state index >= 15 is 0 Å². The summed E-state index contributed by atoms with van der Waals surface area (Å²) in [5.74, 6) is 2.19. The van der Waals surface area contributed by atoms with Crippen LogP contribution in [-0.2, 0) is 12.0 Å². The van der Waals surface area contributed by atoms with Gasteiger partial charge in [-0.2, -0.15) is 0 Å². The monoisotopic (exact) mass is 346 g/mol. The number of hydrogen-bond acceptors (Lipinski definition) is 4. The van der Waals surface area contributed by atoms with Crippen molar-refractivity contribution in [1.82, 2.24) is 10.6 Å². The molecule has 2 rings (SSSR count). The van der Waals surface area contributed by atoms with Gasteiger partial charge >= 0.3 is 6.03 Å². The molecule has 0 bridgehead atoms. The molecule has 3 N–H and O–H groups in total. The number of amides is 2. The first kappa shape index (κ1) is 18.9. The predicted octanol–water partition coefficient (Wildman–Crippen LogP) is 2.65. The highest BCUT2D eigenvalue weighted by Gasteiger charge is 2.28. The smallest absolute Gasteiger partial charge is 0.314 e. The molecule has 2 amide bonds. The van der Waals surface area contributed by atoms with Crippen LogP contribution in [0.25, 0.3) is 0 Å². The van der Waals surface area contributed by atoms with Crippen molar-refractivity contribution in [3.05, 3.63) is 53.0 Å². The molecule has 0 fully saturated rings. The Morgan fingerprint density at radius 2 is 2.00 bits per heavy atom. The van der Waals surface area contributed by atoms with E-state index in [9.17, 15) is 9.90 Å². The summed E-state index contributed by atoms with van der Waals surface area (Å²) in [5.41, 5.74) is 0.517. The lowest BCUT2D eigenvalue weighted by molar-refractivity contribution is 0.0579. The molecule has 0 saturated carbocycles. The number of carbonyl (C=O) groups excluding carboxylic acids is 1. The molecule has 25 heavy (non-hydrogen) atoms. The number of para-hydroxylation sites is 1. The first-order chi connectivity index (χ1) is 11.8. The Kier molecular flexibility index (Phi) is 6.09. The lowest BCUT2D eigenvalue weighted by atomic mass is 9.96. The molecule has 1 aromatic heterocycles. The number of rotatable bonds is 7. The predicted molar refractivity (Wildman–Crippen MR) is 95.9 cm³/mol. The number of nitrogens with one attached hydrogen (secondary N) is 2. The van der Waals surface area contributed by atoms with E-state index in [1.807, 2.05) is 31.2 Å². The lowest BCUT2D eigenvalue weighted by Gasteiger charge is -2.23. The third-order valence-electron chi connectivity index (χ3n) is 4.09. The summed E-state index contributed by atoms with van der Waals surface area (Å²) in [6, 6.07) is 9.16. The molecule has 0 saturated heterocycles. The van der Waals surface area contributed by atoms with Crippen LogP contribution in [0.5, 0.6) is 5.75 Å². The zero-order valence-corrected chi connectivity index (χ0v) is 15.2. The van der Waals surface area contributed by atoms with Crippen molar-refractivity contribution in [2.45, 2.75) is 32.8 Å². The Morgan fingerprint density at radius 1 is 1.28 bits per heavy atom. The number of carbonyl (C=O) groups is 1. The fourth-order valence-corrected chi connectivity index (χ4v) is 2.80. The maximum atomic E-state index is 12.0. The third kappa shape index (κ3) is 5.00. The van der Waals surface area contributed by atoms with Crippen molar-refractivity contribution < 1.29 is 19.1 Å². The first-order valence-corrected chi connectivity index (χ1v) is 8.27. The number of ether oxygens (including phenoxy) is 1. The molecular weight excluding hydrogens is 320 g/mol. The van der Waals surface area contributed by atoms with E-state index < -0.39 is 5.60 Å². The van der Waals surface area contributed by atoms with Crippen molar-refractivity contribution in [1.29, 1.82) is 0 Å². The van der Waals surface area contributed by atoms with Crippen LogP contribution in [-0.4, -0.2) is 31.3 Å². The van der Waals surface area contributed by atoms with Crippen LogP contribution >= 0.6 is 0 Å². The molecule has 6 heteroatoms. The first-order valence-electron chi connectivity index (χ1n) is 8.27. The lowest BCUT2D eigenvalue weighted by Crippen LogP contribution is -2.44. The molecule has 1 atom stereocenters. The van der Waals surface area contributed by atoms with Crippen LogP contribution in [0.2, 0.25) is 0 Å². The number of hydrogen-bond donors (Lipinski definition) is 3. The van der Waals surface area contributed by atoms with Gasteiger partial charge in [-0.1, -0.05) is 18.2 Å². The summed E-state index contributed by atoms with van der Waals surface area (Å²) in [5, 5.41) is 16.1. The molecule has 1 heterocycles. The van der Waals surface area contributed by atoms with Crippen LogP contribution in [0.4, 0.5) is 4.79 Å². The summed E-state index contributed by atoms with van der Waals surface area (Å²) in [7, 11) is 1.63. The van der Waals surface area contributed by atoms with Crippen molar-refractivity contribution >= 4 is 6.03 Å². The SMILES string of the molecule is COc1ccccc1CCNC(=O)NCC(C)(O)c1cc(C)oc1C. The van der Waals surface area contributed by atoms with Gasteiger partial charge in [0.1, 0.15) is 22.9 Å². The molecule has 1 unspecified atom stereocenters. The van der Waals surface area contributed by atoms with Gasteiger partial charge in [0.05, 0.1) is 13.7 Å². The average Bonchev–Trinajstić information content (AvgIpc) is 2.93. The molecule has 2 aromatic rings. The van der Waals surface area contributed by atoms with E-state index in [-0.39, 0.29) is 12.6 Å². The Labute approximate surface area is 148 Å². The summed E-state index contributed by atoms with van der Waals surface area (Å²) < 4.78 is 10.7. The van der Waals surface area contributed by atoms with Crippen molar-refractivity contribution in [3.8, 4) is 5.75 Å². The van der Waals surface area contributed by atoms with Gasteiger partial charge in [0.25, 0.3) is 0 Å². The van der Waals surface area contributed by atoms with Gasteiger partial charge in [-0.15, -0.1) is 0 Å². The Hall–Kier alpha value is -2.47. The highest BCUT2D eigenvalue weighted by Crippen LogP contribution is 2.26. The van der Waals surface area contributed by atoms with E-state index in [0.717, 1.165) is 17.1 Å². The quantitative estimate of drug-likeness (QED) is 0.720. The van der Waals surface area contributed by atoms with E-state index in [1.54, 1.807) is 27.0 Å². The number of methoxy groups -OCH3 is 1. The fourth-order valence-electron chi connectivity index (χ4n) is 2.80. The molecular formula is C19H26N2O4. The largest absolute Gasteiger partial charge is 0.496 e. The van der Waals surface area contributed by atoms with Gasteiger partial charge in [-0.3, -0.25) is 0 Å². The highest BCUT2D eigenvalue weighted by molar-refractivity contribution is 5.73. The van der Waals surface area contributed by atoms with Gasteiger partial charge in [0.2, 0.25) is 0 Å². The molecule has 0 aliphatic rings. The Balaban J connectivity index is 1.81. The molecule has 136 valence electrons. The second kappa shape index (κ2) is 8.07. The Morgan fingerprint density at radius 3 is 2.64 bits per heavy atom. The minimum absolute atomic E-state index is 0.0906. The molecule has 6 nitrogen and oxygen atoms in total. The van der Waals surface area contributed by atoms with Crippen LogP contribution in [0.1, 0.15) is 29.6 Å². The maximum absolute atomic E-state index is 12.0. The Bertz CT molecular complexity index is 722. The number of furan rings is 1. The third-order valence-corrected chi connectivity index (χ3v) is 4.09. The molecule has 0 radical (unpaired) electrons. The fraction of sp³-hybridized carbons (Fsp3) is 0.421. The molecule has 0 aliphatic carbocycles. The summed E-state index contributed by atoms with van der Waals surface area (Å²) in [6.45, 7) is 5.83. The summed E-state index contributed by atoms with van der Waals surface area (Å²) >= 11 is 0. The van der Waals surface area contributed by atoms with Gasteiger partial charge in [-0.05, 0) is 44.9 Å². The van der Waals surface area contributed by atoms with Crippen LogP contribution in [0.3, 0.4) is 0 Å². The average molecular weight is 346 g/mol. The number of aliphatic hydroxyl groups is 1. The van der Waals surface area contributed by atoms with E-state index in [2.05, 4.69) is 10.6 Å². The highest BCUT2D eigenvalue weighted by atomic mass is 16.5. The van der Waals surface area contributed by atoms with Crippen LogP contribution in [0, 0.1) is 13.8 Å². The van der Waals surface area contributed by atoms with Crippen LogP contribution in [0.15, 0.2) is 34.7 Å². The van der Waals surface area contributed by atoms with E-state index in [4.69, 9.17) is 9.15 Å². The normalized spacial score (nSPS) is 13.2. The maximum Gasteiger partial charge on any atom is 0.314 e. The topological polar surface area (TPSA) is 83.7 Å².